The van der Waals surface area contributed by atoms with Crippen LogP contribution in [0.4, 0.5) is 0 Å². The third kappa shape index (κ3) is 3.88. The van der Waals surface area contributed by atoms with Crippen LogP contribution < -0.4 is 10.5 Å². The predicted octanol–water partition coefficient (Wildman–Crippen LogP) is 2.35. The van der Waals surface area contributed by atoms with Crippen molar-refractivity contribution in [1.29, 1.82) is 0 Å². The number of hydrogen-bond acceptors (Lipinski definition) is 4. The van der Waals surface area contributed by atoms with Crippen molar-refractivity contribution in [3.8, 4) is 5.75 Å². The summed E-state index contributed by atoms with van der Waals surface area (Å²) in [6.07, 6.45) is 0. The van der Waals surface area contributed by atoms with Crippen LogP contribution in [-0.4, -0.2) is 41.6 Å². The summed E-state index contributed by atoms with van der Waals surface area (Å²) in [6.45, 7) is 8.04. The maximum atomic E-state index is 5.89. The first-order chi connectivity index (χ1) is 9.22. The zero-order valence-electron chi connectivity index (χ0n) is 11.8. The minimum Gasteiger partial charge on any atom is -0.492 e. The Morgan fingerprint density at radius 3 is 2.95 bits per heavy atom. The molecule has 2 unspecified atom stereocenters. The Labute approximate surface area is 120 Å². The molecule has 3 nitrogen and oxygen atoms in total. The van der Waals surface area contributed by atoms with Crippen LogP contribution in [0.1, 0.15) is 19.4 Å². The van der Waals surface area contributed by atoms with E-state index >= 15 is 0 Å². The average molecular weight is 280 g/mol. The summed E-state index contributed by atoms with van der Waals surface area (Å²) in [4.78, 5) is 2.52. The fraction of sp³-hybridized carbons (Fsp3) is 0.600. The first-order valence-corrected chi connectivity index (χ1v) is 8.03. The molecule has 19 heavy (non-hydrogen) atoms. The van der Waals surface area contributed by atoms with Gasteiger partial charge in [0.1, 0.15) is 12.4 Å². The lowest BCUT2D eigenvalue weighted by molar-refractivity contribution is 0.170. The SMILES string of the molecule is CC1SCCN(CCOc2ccccc2CN)C1C. The van der Waals surface area contributed by atoms with Crippen LogP contribution in [0.3, 0.4) is 0 Å². The van der Waals surface area contributed by atoms with Crippen LogP contribution in [0.2, 0.25) is 0 Å². The fourth-order valence-corrected chi connectivity index (χ4v) is 3.56. The van der Waals surface area contributed by atoms with Gasteiger partial charge in [-0.15, -0.1) is 0 Å². The average Bonchev–Trinajstić information content (AvgIpc) is 2.44. The van der Waals surface area contributed by atoms with E-state index in [9.17, 15) is 0 Å². The monoisotopic (exact) mass is 280 g/mol. The van der Waals surface area contributed by atoms with Gasteiger partial charge < -0.3 is 10.5 Å². The molecule has 2 atom stereocenters. The Bertz CT molecular complexity index is 399. The molecule has 1 aromatic rings. The van der Waals surface area contributed by atoms with Crippen LogP contribution in [0.15, 0.2) is 24.3 Å². The summed E-state index contributed by atoms with van der Waals surface area (Å²) >= 11 is 2.07. The summed E-state index contributed by atoms with van der Waals surface area (Å²) in [7, 11) is 0. The molecular formula is C15H24N2OS. The van der Waals surface area contributed by atoms with E-state index in [-0.39, 0.29) is 0 Å². The van der Waals surface area contributed by atoms with E-state index in [1.807, 2.05) is 24.3 Å². The van der Waals surface area contributed by atoms with Gasteiger partial charge in [-0.1, -0.05) is 25.1 Å². The maximum absolute atomic E-state index is 5.89. The number of para-hydroxylation sites is 1. The third-order valence-electron chi connectivity index (χ3n) is 3.84. The Morgan fingerprint density at radius 1 is 1.37 bits per heavy atom. The van der Waals surface area contributed by atoms with Crippen LogP contribution in [0.25, 0.3) is 0 Å². The number of benzene rings is 1. The van der Waals surface area contributed by atoms with Crippen molar-refractivity contribution in [3.63, 3.8) is 0 Å². The minimum atomic E-state index is 0.532. The van der Waals surface area contributed by atoms with Gasteiger partial charge >= 0.3 is 0 Å². The third-order valence-corrected chi connectivity index (χ3v) is 5.18. The summed E-state index contributed by atoms with van der Waals surface area (Å²) in [5.74, 6) is 2.15. The van der Waals surface area contributed by atoms with Crippen molar-refractivity contribution < 1.29 is 4.74 Å². The van der Waals surface area contributed by atoms with Crippen LogP contribution in [0, 0.1) is 0 Å². The highest BCUT2D eigenvalue weighted by molar-refractivity contribution is 8.00. The highest BCUT2D eigenvalue weighted by atomic mass is 32.2. The van der Waals surface area contributed by atoms with Gasteiger partial charge in [-0.3, -0.25) is 4.90 Å². The van der Waals surface area contributed by atoms with Gasteiger partial charge in [0.25, 0.3) is 0 Å². The van der Waals surface area contributed by atoms with Gasteiger partial charge in [0.15, 0.2) is 0 Å². The van der Waals surface area contributed by atoms with Crippen molar-refractivity contribution in [1.82, 2.24) is 4.90 Å². The lowest BCUT2D eigenvalue weighted by Gasteiger charge is -2.37. The normalized spacial score (nSPS) is 24.4. The molecule has 0 bridgehead atoms. The highest BCUT2D eigenvalue weighted by Gasteiger charge is 2.24. The molecule has 1 fully saturated rings. The molecule has 1 heterocycles. The summed E-state index contributed by atoms with van der Waals surface area (Å²) in [5, 5.41) is 0.713. The second-order valence-corrected chi connectivity index (χ2v) is 6.50. The Balaban J connectivity index is 1.83. The molecule has 1 aliphatic rings. The molecule has 0 radical (unpaired) electrons. The summed E-state index contributed by atoms with van der Waals surface area (Å²) in [5.41, 5.74) is 6.79. The number of thioether (sulfide) groups is 1. The molecule has 0 amide bonds. The molecule has 0 aliphatic carbocycles. The lowest BCUT2D eigenvalue weighted by Crippen LogP contribution is -2.46. The molecule has 106 valence electrons. The molecule has 4 heteroatoms. The van der Waals surface area contributed by atoms with E-state index in [0.29, 0.717) is 17.8 Å². The zero-order valence-corrected chi connectivity index (χ0v) is 12.7. The van der Waals surface area contributed by atoms with E-state index < -0.39 is 0 Å². The molecular weight excluding hydrogens is 256 g/mol. The Morgan fingerprint density at radius 2 is 2.16 bits per heavy atom. The summed E-state index contributed by atoms with van der Waals surface area (Å²) < 4.78 is 5.89. The highest BCUT2D eigenvalue weighted by Crippen LogP contribution is 2.24. The molecule has 1 saturated heterocycles. The predicted molar refractivity (Wildman–Crippen MR) is 82.8 cm³/mol. The largest absolute Gasteiger partial charge is 0.492 e. The van der Waals surface area contributed by atoms with Crippen molar-refractivity contribution in [3.05, 3.63) is 29.8 Å². The van der Waals surface area contributed by atoms with Crippen molar-refractivity contribution in [2.75, 3.05) is 25.4 Å². The van der Waals surface area contributed by atoms with E-state index in [1.165, 1.54) is 5.75 Å². The number of nitrogens with two attached hydrogens (primary N) is 1. The Kier molecular flexibility index (Phi) is 5.55. The number of ether oxygens (including phenoxy) is 1. The number of nitrogens with zero attached hydrogens (tertiary/aromatic N) is 1. The maximum Gasteiger partial charge on any atom is 0.123 e. The Hall–Kier alpha value is -0.710. The van der Waals surface area contributed by atoms with Gasteiger partial charge in [0.2, 0.25) is 0 Å². The number of rotatable bonds is 5. The van der Waals surface area contributed by atoms with E-state index in [1.54, 1.807) is 0 Å². The first kappa shape index (κ1) is 14.7. The van der Waals surface area contributed by atoms with Crippen LogP contribution in [0.5, 0.6) is 5.75 Å². The standard InChI is InChI=1S/C15H24N2OS/c1-12-13(2)19-10-8-17(12)7-9-18-15-6-4-3-5-14(15)11-16/h3-6,12-13H,7-11,16H2,1-2H3. The first-order valence-electron chi connectivity index (χ1n) is 6.99. The topological polar surface area (TPSA) is 38.5 Å². The molecule has 2 rings (SSSR count). The lowest BCUT2D eigenvalue weighted by atomic mass is 10.2. The van der Waals surface area contributed by atoms with Crippen LogP contribution in [-0.2, 0) is 6.54 Å². The second kappa shape index (κ2) is 7.17. The van der Waals surface area contributed by atoms with Crippen LogP contribution >= 0.6 is 11.8 Å². The van der Waals surface area contributed by atoms with Gasteiger partial charge in [0, 0.05) is 42.2 Å². The molecule has 0 saturated carbocycles. The van der Waals surface area contributed by atoms with E-state index in [4.69, 9.17) is 10.5 Å². The number of hydrogen-bond donors (Lipinski definition) is 1. The van der Waals surface area contributed by atoms with E-state index in [0.717, 1.165) is 31.0 Å². The van der Waals surface area contributed by atoms with Gasteiger partial charge in [-0.2, -0.15) is 11.8 Å². The van der Waals surface area contributed by atoms with Gasteiger partial charge in [-0.25, -0.2) is 0 Å². The van der Waals surface area contributed by atoms with E-state index in [2.05, 4.69) is 30.5 Å². The molecule has 1 aliphatic heterocycles. The quantitative estimate of drug-likeness (QED) is 0.898. The summed E-state index contributed by atoms with van der Waals surface area (Å²) in [6, 6.07) is 8.65. The second-order valence-electron chi connectivity index (χ2n) is 5.01. The fourth-order valence-electron chi connectivity index (χ4n) is 2.40. The molecule has 0 spiro atoms. The zero-order chi connectivity index (χ0) is 13.7. The van der Waals surface area contributed by atoms with Gasteiger partial charge in [0.05, 0.1) is 0 Å². The molecule has 0 aromatic heterocycles. The molecule has 1 aromatic carbocycles. The van der Waals surface area contributed by atoms with Crippen molar-refractivity contribution in [2.45, 2.75) is 31.7 Å². The minimum absolute atomic E-state index is 0.532. The van der Waals surface area contributed by atoms with Crippen molar-refractivity contribution >= 4 is 11.8 Å². The van der Waals surface area contributed by atoms with Crippen molar-refractivity contribution in [2.24, 2.45) is 5.73 Å². The molecule has 2 N–H and O–H groups in total. The smallest absolute Gasteiger partial charge is 0.123 e. The van der Waals surface area contributed by atoms with Gasteiger partial charge in [-0.05, 0) is 13.0 Å².